The van der Waals surface area contributed by atoms with Crippen LogP contribution in [0.2, 0.25) is 0 Å². The van der Waals surface area contributed by atoms with Crippen LogP contribution in [-0.4, -0.2) is 48.4 Å². The van der Waals surface area contributed by atoms with Crippen LogP contribution in [0.4, 0.5) is 0 Å². The van der Waals surface area contributed by atoms with Gasteiger partial charge in [-0.25, -0.2) is 0 Å². The second kappa shape index (κ2) is 10.1. The summed E-state index contributed by atoms with van der Waals surface area (Å²) in [5.41, 5.74) is 0.818. The molecule has 0 unspecified atom stereocenters. The first kappa shape index (κ1) is 19.3. The molecule has 0 spiro atoms. The number of rotatable bonds is 11. The summed E-state index contributed by atoms with van der Waals surface area (Å²) in [6, 6.07) is 1.88. The summed E-state index contributed by atoms with van der Waals surface area (Å²) >= 11 is 1.65. The summed E-state index contributed by atoms with van der Waals surface area (Å²) in [4.78, 5) is 11.9. The molecule has 1 rings (SSSR count). The van der Waals surface area contributed by atoms with Gasteiger partial charge in [-0.3, -0.25) is 10.1 Å². The topological polar surface area (TPSA) is 104 Å². The van der Waals surface area contributed by atoms with E-state index in [2.05, 4.69) is 10.6 Å². The van der Waals surface area contributed by atoms with Gasteiger partial charge in [0.05, 0.1) is 23.8 Å². The molecule has 0 aliphatic carbocycles. The van der Waals surface area contributed by atoms with Crippen LogP contribution in [-0.2, 0) is 18.9 Å². The van der Waals surface area contributed by atoms with Crippen molar-refractivity contribution >= 4 is 11.8 Å². The van der Waals surface area contributed by atoms with Gasteiger partial charge in [0, 0.05) is 24.9 Å². The summed E-state index contributed by atoms with van der Waals surface area (Å²) in [7, 11) is 5.52. The third-order valence-electron chi connectivity index (χ3n) is 2.89. The molecular formula is C14H24N4O4S. The molecule has 1 aromatic rings. The monoisotopic (exact) mass is 344 g/mol. The zero-order valence-electron chi connectivity index (χ0n) is 13.7. The average molecular weight is 344 g/mol. The van der Waals surface area contributed by atoms with Crippen molar-refractivity contribution in [1.29, 1.82) is 0 Å². The molecule has 1 heterocycles. The summed E-state index contributed by atoms with van der Waals surface area (Å²) in [5, 5.41) is 25.4. The first-order chi connectivity index (χ1) is 11.0. The Morgan fingerprint density at radius 3 is 2.87 bits per heavy atom. The molecule has 130 valence electrons. The Hall–Kier alpha value is -1.71. The van der Waals surface area contributed by atoms with E-state index in [9.17, 15) is 15.2 Å². The van der Waals surface area contributed by atoms with Crippen LogP contribution in [0, 0.1) is 10.1 Å². The number of nitrogens with zero attached hydrogens (tertiary/aromatic N) is 2. The van der Waals surface area contributed by atoms with Crippen molar-refractivity contribution in [1.82, 2.24) is 15.5 Å². The maximum Gasteiger partial charge on any atom is 0.274 e. The maximum atomic E-state index is 10.4. The van der Waals surface area contributed by atoms with Gasteiger partial charge in [0.2, 0.25) is 0 Å². The number of furan rings is 1. The Balaban J connectivity index is 2.38. The number of hydrogen-bond acceptors (Lipinski definition) is 8. The molecule has 0 bridgehead atoms. The SMILES string of the molecule is CN/C(=C\[N+](=O)[O-])NCCSCc1cc(CO)c(CN(C)C)o1. The molecule has 1 aromatic heterocycles. The molecule has 0 atom stereocenters. The van der Waals surface area contributed by atoms with E-state index in [1.54, 1.807) is 18.8 Å². The Morgan fingerprint density at radius 1 is 1.57 bits per heavy atom. The maximum absolute atomic E-state index is 10.4. The van der Waals surface area contributed by atoms with Crippen molar-refractivity contribution in [2.24, 2.45) is 0 Å². The highest BCUT2D eigenvalue weighted by Crippen LogP contribution is 2.21. The molecule has 9 heteroatoms. The van der Waals surface area contributed by atoms with Gasteiger partial charge in [0.15, 0.2) is 5.82 Å². The first-order valence-electron chi connectivity index (χ1n) is 7.17. The highest BCUT2D eigenvalue weighted by atomic mass is 32.2. The number of nitrogens with one attached hydrogen (secondary N) is 2. The molecule has 0 aliphatic heterocycles. The Morgan fingerprint density at radius 2 is 2.30 bits per heavy atom. The largest absolute Gasteiger partial charge is 0.463 e. The highest BCUT2D eigenvalue weighted by Gasteiger charge is 2.11. The van der Waals surface area contributed by atoms with E-state index in [0.29, 0.717) is 24.7 Å². The lowest BCUT2D eigenvalue weighted by atomic mass is 10.2. The van der Waals surface area contributed by atoms with Gasteiger partial charge < -0.3 is 25.1 Å². The van der Waals surface area contributed by atoms with E-state index in [1.807, 2.05) is 25.1 Å². The zero-order chi connectivity index (χ0) is 17.2. The van der Waals surface area contributed by atoms with Gasteiger partial charge in [0.1, 0.15) is 11.5 Å². The lowest BCUT2D eigenvalue weighted by molar-refractivity contribution is -0.404. The molecule has 0 aliphatic rings. The average Bonchev–Trinajstić information content (AvgIpc) is 2.86. The van der Waals surface area contributed by atoms with Crippen LogP contribution in [0.1, 0.15) is 17.1 Å². The fourth-order valence-electron chi connectivity index (χ4n) is 1.89. The second-order valence-electron chi connectivity index (χ2n) is 5.11. The third kappa shape index (κ3) is 7.40. The van der Waals surface area contributed by atoms with Crippen LogP contribution >= 0.6 is 11.8 Å². The molecule has 0 fully saturated rings. The lowest BCUT2D eigenvalue weighted by Gasteiger charge is -2.08. The zero-order valence-corrected chi connectivity index (χ0v) is 14.5. The van der Waals surface area contributed by atoms with E-state index in [-0.39, 0.29) is 6.61 Å². The quantitative estimate of drug-likeness (QED) is 0.310. The Kier molecular flexibility index (Phi) is 8.52. The van der Waals surface area contributed by atoms with Crippen LogP contribution in [0.5, 0.6) is 0 Å². The van der Waals surface area contributed by atoms with E-state index in [1.165, 1.54) is 0 Å². The standard InChI is InChI=1S/C14H24N4O4S/c1-15-14(8-18(20)21)16-4-5-23-10-12-6-11(9-19)13(22-12)7-17(2)3/h6,8,15-16,19H,4-5,7,9-10H2,1-3H3/b14-8+. The fourth-order valence-corrected chi connectivity index (χ4v) is 2.62. The molecule has 8 nitrogen and oxygen atoms in total. The van der Waals surface area contributed by atoms with Crippen LogP contribution in [0.25, 0.3) is 0 Å². The van der Waals surface area contributed by atoms with Gasteiger partial charge in [0.25, 0.3) is 6.20 Å². The van der Waals surface area contributed by atoms with Crippen molar-refractivity contribution in [3.05, 3.63) is 45.3 Å². The fraction of sp³-hybridized carbons (Fsp3) is 0.571. The van der Waals surface area contributed by atoms with E-state index >= 15 is 0 Å². The minimum absolute atomic E-state index is 0.0316. The van der Waals surface area contributed by atoms with Crippen LogP contribution < -0.4 is 10.6 Å². The molecule has 23 heavy (non-hydrogen) atoms. The van der Waals surface area contributed by atoms with E-state index in [0.717, 1.165) is 29.0 Å². The molecule has 3 N–H and O–H groups in total. The second-order valence-corrected chi connectivity index (χ2v) is 6.22. The molecule has 0 saturated carbocycles. The first-order valence-corrected chi connectivity index (χ1v) is 8.32. The smallest absolute Gasteiger partial charge is 0.274 e. The highest BCUT2D eigenvalue weighted by molar-refractivity contribution is 7.98. The third-order valence-corrected chi connectivity index (χ3v) is 3.87. The Bertz CT molecular complexity index is 531. The van der Waals surface area contributed by atoms with Crippen LogP contribution in [0.15, 0.2) is 22.5 Å². The van der Waals surface area contributed by atoms with Crippen molar-refractivity contribution in [2.45, 2.75) is 18.9 Å². The minimum Gasteiger partial charge on any atom is -0.463 e. The summed E-state index contributed by atoms with van der Waals surface area (Å²) in [6.07, 6.45) is 0.901. The number of aliphatic hydroxyl groups is 1. The number of hydrogen-bond donors (Lipinski definition) is 3. The summed E-state index contributed by atoms with van der Waals surface area (Å²) in [5.74, 6) is 3.46. The minimum atomic E-state index is -0.502. The number of nitro groups is 1. The van der Waals surface area contributed by atoms with Crippen molar-refractivity contribution in [3.63, 3.8) is 0 Å². The van der Waals surface area contributed by atoms with Gasteiger partial charge in [-0.05, 0) is 20.2 Å². The molecule has 0 radical (unpaired) electrons. The van der Waals surface area contributed by atoms with Crippen LogP contribution in [0.3, 0.4) is 0 Å². The summed E-state index contributed by atoms with van der Waals surface area (Å²) in [6.45, 7) is 1.22. The van der Waals surface area contributed by atoms with Crippen molar-refractivity contribution in [2.75, 3.05) is 33.4 Å². The number of thioether (sulfide) groups is 1. The van der Waals surface area contributed by atoms with E-state index < -0.39 is 4.92 Å². The molecule has 0 saturated heterocycles. The molecule has 0 amide bonds. The van der Waals surface area contributed by atoms with Gasteiger partial charge in [-0.2, -0.15) is 11.8 Å². The molecular weight excluding hydrogens is 320 g/mol. The molecule has 0 aromatic carbocycles. The van der Waals surface area contributed by atoms with Gasteiger partial charge >= 0.3 is 0 Å². The van der Waals surface area contributed by atoms with Gasteiger partial charge in [-0.1, -0.05) is 0 Å². The van der Waals surface area contributed by atoms with E-state index in [4.69, 9.17) is 4.42 Å². The Labute approximate surface area is 140 Å². The van der Waals surface area contributed by atoms with Crippen molar-refractivity contribution in [3.8, 4) is 0 Å². The van der Waals surface area contributed by atoms with Gasteiger partial charge in [-0.15, -0.1) is 0 Å². The predicted octanol–water partition coefficient (Wildman–Crippen LogP) is 0.951. The van der Waals surface area contributed by atoms with Crippen molar-refractivity contribution < 1.29 is 14.4 Å². The summed E-state index contributed by atoms with van der Waals surface area (Å²) < 4.78 is 5.76. The predicted molar refractivity (Wildman–Crippen MR) is 90.3 cm³/mol. The number of aliphatic hydroxyl groups excluding tert-OH is 1. The lowest BCUT2D eigenvalue weighted by Crippen LogP contribution is -2.26. The normalized spacial score (nSPS) is 11.8.